The van der Waals surface area contributed by atoms with Gasteiger partial charge in [-0.05, 0) is 57.1 Å². The number of fused-ring (bicyclic) bond motifs is 1. The van der Waals surface area contributed by atoms with Crippen LogP contribution in [0, 0.1) is 6.92 Å². The van der Waals surface area contributed by atoms with E-state index in [9.17, 15) is 4.79 Å². The minimum Gasteiger partial charge on any atom is -0.341 e. The van der Waals surface area contributed by atoms with Crippen molar-refractivity contribution in [2.24, 2.45) is 0 Å². The standard InChI is InChI=1S/C18H26N2O/c1-13-6-7-15-8-9-17(16(15)12-13)19-14(2)18(21)20-10-4-3-5-11-20/h6-7,12,14,17,19H,3-5,8-11H2,1-2H3. The highest BCUT2D eigenvalue weighted by Gasteiger charge is 2.28. The summed E-state index contributed by atoms with van der Waals surface area (Å²) in [5.74, 6) is 0.274. The zero-order valence-electron chi connectivity index (χ0n) is 13.2. The highest BCUT2D eigenvalue weighted by Crippen LogP contribution is 2.32. The molecular formula is C18H26N2O. The Bertz CT molecular complexity index is 520. The van der Waals surface area contributed by atoms with Crippen LogP contribution < -0.4 is 5.32 Å². The van der Waals surface area contributed by atoms with Crippen LogP contribution in [-0.2, 0) is 11.2 Å². The fraction of sp³-hybridized carbons (Fsp3) is 0.611. The smallest absolute Gasteiger partial charge is 0.239 e. The molecule has 1 fully saturated rings. The number of nitrogens with one attached hydrogen (secondary N) is 1. The van der Waals surface area contributed by atoms with E-state index >= 15 is 0 Å². The number of rotatable bonds is 3. The fourth-order valence-electron chi connectivity index (χ4n) is 3.66. The number of carbonyl (C=O) groups is 1. The summed E-state index contributed by atoms with van der Waals surface area (Å²) in [5, 5.41) is 3.57. The van der Waals surface area contributed by atoms with Gasteiger partial charge >= 0.3 is 0 Å². The van der Waals surface area contributed by atoms with Gasteiger partial charge in [-0.25, -0.2) is 0 Å². The summed E-state index contributed by atoms with van der Waals surface area (Å²) >= 11 is 0. The van der Waals surface area contributed by atoms with Gasteiger partial charge in [0.1, 0.15) is 0 Å². The lowest BCUT2D eigenvalue weighted by Crippen LogP contribution is -2.47. The van der Waals surface area contributed by atoms with Gasteiger partial charge in [-0.1, -0.05) is 23.8 Å². The highest BCUT2D eigenvalue weighted by molar-refractivity contribution is 5.81. The van der Waals surface area contributed by atoms with Crippen LogP contribution in [0.5, 0.6) is 0 Å². The molecule has 114 valence electrons. The zero-order chi connectivity index (χ0) is 14.8. The first kappa shape index (κ1) is 14.6. The predicted octanol–water partition coefficient (Wildman–Crippen LogP) is 2.97. The van der Waals surface area contributed by atoms with E-state index in [-0.39, 0.29) is 11.9 Å². The van der Waals surface area contributed by atoms with Crippen molar-refractivity contribution in [1.29, 1.82) is 0 Å². The second kappa shape index (κ2) is 6.18. The molecule has 21 heavy (non-hydrogen) atoms. The van der Waals surface area contributed by atoms with Crippen LogP contribution in [0.2, 0.25) is 0 Å². The number of likely N-dealkylation sites (tertiary alicyclic amines) is 1. The molecule has 1 aliphatic carbocycles. The molecule has 2 unspecified atom stereocenters. The third-order valence-electron chi connectivity index (χ3n) is 4.87. The molecule has 2 atom stereocenters. The molecule has 1 heterocycles. The van der Waals surface area contributed by atoms with E-state index in [0.717, 1.165) is 38.8 Å². The fourth-order valence-corrected chi connectivity index (χ4v) is 3.66. The van der Waals surface area contributed by atoms with Crippen LogP contribution in [0.1, 0.15) is 55.3 Å². The molecular weight excluding hydrogens is 260 g/mol. The predicted molar refractivity (Wildman–Crippen MR) is 85.3 cm³/mol. The lowest BCUT2D eigenvalue weighted by molar-refractivity contribution is -0.134. The van der Waals surface area contributed by atoms with E-state index in [1.807, 2.05) is 11.8 Å². The Balaban J connectivity index is 1.65. The van der Waals surface area contributed by atoms with Gasteiger partial charge in [-0.15, -0.1) is 0 Å². The Hall–Kier alpha value is -1.35. The van der Waals surface area contributed by atoms with E-state index < -0.39 is 0 Å². The van der Waals surface area contributed by atoms with Crippen LogP contribution >= 0.6 is 0 Å². The molecule has 1 saturated heterocycles. The number of aryl methyl sites for hydroxylation is 2. The molecule has 1 amide bonds. The van der Waals surface area contributed by atoms with Crippen LogP contribution in [0.15, 0.2) is 18.2 Å². The van der Waals surface area contributed by atoms with Gasteiger partial charge in [0.2, 0.25) is 5.91 Å². The van der Waals surface area contributed by atoms with Crippen LogP contribution in [0.25, 0.3) is 0 Å². The lowest BCUT2D eigenvalue weighted by atomic mass is 10.0. The lowest BCUT2D eigenvalue weighted by Gasteiger charge is -2.30. The zero-order valence-corrected chi connectivity index (χ0v) is 13.2. The number of hydrogen-bond acceptors (Lipinski definition) is 2. The maximum atomic E-state index is 12.5. The molecule has 1 N–H and O–H groups in total. The molecule has 2 aliphatic rings. The van der Waals surface area contributed by atoms with Gasteiger partial charge in [0, 0.05) is 19.1 Å². The number of carbonyl (C=O) groups excluding carboxylic acids is 1. The van der Waals surface area contributed by atoms with Crippen molar-refractivity contribution >= 4 is 5.91 Å². The summed E-state index contributed by atoms with van der Waals surface area (Å²) < 4.78 is 0. The third kappa shape index (κ3) is 3.13. The minimum absolute atomic E-state index is 0.0837. The summed E-state index contributed by atoms with van der Waals surface area (Å²) in [5.41, 5.74) is 4.14. The summed E-state index contributed by atoms with van der Waals surface area (Å²) in [6.45, 7) is 6.03. The van der Waals surface area contributed by atoms with E-state index in [2.05, 4.69) is 30.4 Å². The van der Waals surface area contributed by atoms with Gasteiger partial charge < -0.3 is 4.90 Å². The topological polar surface area (TPSA) is 32.3 Å². The first-order valence-corrected chi connectivity index (χ1v) is 8.29. The van der Waals surface area contributed by atoms with E-state index in [0.29, 0.717) is 6.04 Å². The Kier molecular flexibility index (Phi) is 4.29. The Morgan fingerprint density at radius 2 is 2.05 bits per heavy atom. The van der Waals surface area contributed by atoms with Crippen molar-refractivity contribution in [2.45, 2.75) is 58.0 Å². The van der Waals surface area contributed by atoms with Crippen LogP contribution in [0.4, 0.5) is 0 Å². The van der Waals surface area contributed by atoms with Crippen molar-refractivity contribution < 1.29 is 4.79 Å². The van der Waals surface area contributed by atoms with E-state index in [4.69, 9.17) is 0 Å². The van der Waals surface area contributed by atoms with Gasteiger partial charge in [0.25, 0.3) is 0 Å². The maximum absolute atomic E-state index is 12.5. The second-order valence-electron chi connectivity index (χ2n) is 6.57. The van der Waals surface area contributed by atoms with Gasteiger partial charge in [-0.3, -0.25) is 10.1 Å². The van der Waals surface area contributed by atoms with Crippen molar-refractivity contribution in [3.05, 3.63) is 34.9 Å². The molecule has 3 heteroatoms. The average Bonchev–Trinajstić information content (AvgIpc) is 2.89. The highest BCUT2D eigenvalue weighted by atomic mass is 16.2. The molecule has 1 aromatic carbocycles. The molecule has 0 aromatic heterocycles. The normalized spacial score (nSPS) is 23.0. The molecule has 0 radical (unpaired) electrons. The number of hydrogen-bond donors (Lipinski definition) is 1. The Morgan fingerprint density at radius 3 is 2.81 bits per heavy atom. The molecule has 3 rings (SSSR count). The first-order chi connectivity index (χ1) is 10.1. The first-order valence-electron chi connectivity index (χ1n) is 8.29. The van der Waals surface area contributed by atoms with Gasteiger partial charge in [0.15, 0.2) is 0 Å². The molecule has 0 spiro atoms. The largest absolute Gasteiger partial charge is 0.341 e. The minimum atomic E-state index is -0.0837. The molecule has 0 saturated carbocycles. The summed E-state index contributed by atoms with van der Waals surface area (Å²) in [6.07, 6.45) is 5.81. The molecule has 1 aliphatic heterocycles. The van der Waals surface area contributed by atoms with Crippen molar-refractivity contribution in [3.8, 4) is 0 Å². The third-order valence-corrected chi connectivity index (χ3v) is 4.87. The van der Waals surface area contributed by atoms with Crippen molar-refractivity contribution in [2.75, 3.05) is 13.1 Å². The SMILES string of the molecule is Cc1ccc2c(c1)C(NC(C)C(=O)N1CCCCC1)CC2. The average molecular weight is 286 g/mol. The Morgan fingerprint density at radius 1 is 1.29 bits per heavy atom. The summed E-state index contributed by atoms with van der Waals surface area (Å²) in [7, 11) is 0. The quantitative estimate of drug-likeness (QED) is 0.926. The maximum Gasteiger partial charge on any atom is 0.239 e. The second-order valence-corrected chi connectivity index (χ2v) is 6.57. The Labute approximate surface area is 127 Å². The van der Waals surface area contributed by atoms with Gasteiger partial charge in [-0.2, -0.15) is 0 Å². The molecule has 0 bridgehead atoms. The number of benzene rings is 1. The number of amides is 1. The van der Waals surface area contributed by atoms with E-state index in [1.165, 1.54) is 23.1 Å². The molecule has 3 nitrogen and oxygen atoms in total. The number of piperidine rings is 1. The summed E-state index contributed by atoms with van der Waals surface area (Å²) in [6, 6.07) is 6.95. The summed E-state index contributed by atoms with van der Waals surface area (Å²) in [4.78, 5) is 14.6. The number of nitrogens with zero attached hydrogens (tertiary/aromatic N) is 1. The van der Waals surface area contributed by atoms with Gasteiger partial charge in [0.05, 0.1) is 6.04 Å². The van der Waals surface area contributed by atoms with Crippen molar-refractivity contribution in [1.82, 2.24) is 10.2 Å². The van der Waals surface area contributed by atoms with Crippen LogP contribution in [-0.4, -0.2) is 29.9 Å². The van der Waals surface area contributed by atoms with E-state index in [1.54, 1.807) is 0 Å². The molecule has 1 aromatic rings. The van der Waals surface area contributed by atoms with Crippen molar-refractivity contribution in [3.63, 3.8) is 0 Å². The van der Waals surface area contributed by atoms with Crippen LogP contribution in [0.3, 0.4) is 0 Å². The monoisotopic (exact) mass is 286 g/mol.